The molecule has 0 aliphatic heterocycles. The maximum Gasteiger partial charge on any atom is 0.258 e. The Kier molecular flexibility index (Phi) is 5.54. The van der Waals surface area contributed by atoms with Crippen molar-refractivity contribution in [3.05, 3.63) is 79.9 Å². The van der Waals surface area contributed by atoms with E-state index in [1.54, 1.807) is 47.3 Å². The minimum absolute atomic E-state index is 0.256. The summed E-state index contributed by atoms with van der Waals surface area (Å²) in [5, 5.41) is 8.56. The van der Waals surface area contributed by atoms with Gasteiger partial charge in [-0.3, -0.25) is 9.48 Å². The van der Waals surface area contributed by atoms with Crippen molar-refractivity contribution >= 4 is 58.1 Å². The fourth-order valence-electron chi connectivity index (χ4n) is 2.21. The Hall–Kier alpha value is -1.72. The number of amides is 1. The highest BCUT2D eigenvalue weighted by Crippen LogP contribution is 2.25. The summed E-state index contributed by atoms with van der Waals surface area (Å²) in [5.41, 5.74) is 1.25. The van der Waals surface area contributed by atoms with E-state index in [0.29, 0.717) is 32.2 Å². The Morgan fingerprint density at radius 3 is 2.44 bits per heavy atom. The van der Waals surface area contributed by atoms with E-state index in [1.807, 2.05) is 6.07 Å². The normalized spacial score (nSPS) is 10.7. The molecule has 0 radical (unpaired) electrons. The van der Waals surface area contributed by atoms with Gasteiger partial charge in [-0.25, -0.2) is 0 Å². The molecule has 128 valence electrons. The molecule has 0 spiro atoms. The van der Waals surface area contributed by atoms with Crippen molar-refractivity contribution in [2.45, 2.75) is 6.54 Å². The van der Waals surface area contributed by atoms with Gasteiger partial charge in [0, 0.05) is 6.20 Å². The Labute approximate surface area is 164 Å². The summed E-state index contributed by atoms with van der Waals surface area (Å²) in [6.07, 6.45) is 1.62. The molecule has 0 saturated carbocycles. The second kappa shape index (κ2) is 7.67. The summed E-state index contributed by atoms with van der Waals surface area (Å²) < 4.78 is 1.60. The van der Waals surface area contributed by atoms with Gasteiger partial charge in [-0.05, 0) is 29.8 Å². The molecule has 3 aromatic rings. The predicted molar refractivity (Wildman–Crippen MR) is 102 cm³/mol. The first-order chi connectivity index (χ1) is 11.9. The van der Waals surface area contributed by atoms with Gasteiger partial charge in [-0.15, -0.1) is 0 Å². The van der Waals surface area contributed by atoms with Crippen LogP contribution in [-0.4, -0.2) is 15.7 Å². The molecule has 1 aromatic heterocycles. The number of carbonyl (C=O) groups is 1. The van der Waals surface area contributed by atoms with Gasteiger partial charge in [-0.2, -0.15) is 5.10 Å². The molecule has 0 aliphatic rings. The van der Waals surface area contributed by atoms with Crippen molar-refractivity contribution in [2.24, 2.45) is 0 Å². The molecule has 0 bridgehead atoms. The third kappa shape index (κ3) is 4.28. The largest absolute Gasteiger partial charge is 0.304 e. The number of nitrogens with one attached hydrogen (secondary N) is 1. The van der Waals surface area contributed by atoms with E-state index >= 15 is 0 Å². The van der Waals surface area contributed by atoms with Gasteiger partial charge in [0.05, 0.1) is 27.2 Å². The lowest BCUT2D eigenvalue weighted by molar-refractivity contribution is 0.102. The van der Waals surface area contributed by atoms with Crippen molar-refractivity contribution in [1.29, 1.82) is 0 Å². The molecule has 4 nitrogen and oxygen atoms in total. The first-order valence-corrected chi connectivity index (χ1v) is 8.68. The number of hydrogen-bond acceptors (Lipinski definition) is 2. The second-order valence-corrected chi connectivity index (χ2v) is 6.83. The van der Waals surface area contributed by atoms with Crippen LogP contribution in [0.3, 0.4) is 0 Å². The van der Waals surface area contributed by atoms with Crippen LogP contribution < -0.4 is 5.32 Å². The molecule has 0 saturated heterocycles. The van der Waals surface area contributed by atoms with Gasteiger partial charge in [0.25, 0.3) is 5.91 Å². The maximum absolute atomic E-state index is 12.3. The topological polar surface area (TPSA) is 46.9 Å². The van der Waals surface area contributed by atoms with Crippen molar-refractivity contribution in [2.75, 3.05) is 5.32 Å². The smallest absolute Gasteiger partial charge is 0.258 e. The number of nitrogens with zero attached hydrogens (tertiary/aromatic N) is 2. The Balaban J connectivity index is 1.77. The number of carbonyl (C=O) groups excluding carboxylic acids is 1. The lowest BCUT2D eigenvalue weighted by atomic mass is 10.2. The Bertz CT molecular complexity index is 939. The van der Waals surface area contributed by atoms with Gasteiger partial charge >= 0.3 is 0 Å². The fourth-order valence-corrected chi connectivity index (χ4v) is 2.95. The molecular weight excluding hydrogens is 404 g/mol. The van der Waals surface area contributed by atoms with Crippen LogP contribution in [0.5, 0.6) is 0 Å². The zero-order valence-electron chi connectivity index (χ0n) is 12.6. The first-order valence-electron chi connectivity index (χ1n) is 7.17. The SMILES string of the molecule is O=C(Nc1nn(Cc2ccc(Cl)c(Cl)c2)cc1Cl)c1ccccc1Cl. The monoisotopic (exact) mass is 413 g/mol. The molecular formula is C17H11Cl4N3O. The van der Waals surface area contributed by atoms with Gasteiger partial charge in [0.2, 0.25) is 0 Å². The van der Waals surface area contributed by atoms with Gasteiger partial charge in [-0.1, -0.05) is 64.6 Å². The van der Waals surface area contributed by atoms with Gasteiger partial charge < -0.3 is 5.32 Å². The van der Waals surface area contributed by atoms with E-state index in [-0.39, 0.29) is 11.7 Å². The molecule has 2 aromatic carbocycles. The molecule has 0 atom stereocenters. The summed E-state index contributed by atoms with van der Waals surface area (Å²) in [6, 6.07) is 12.0. The Morgan fingerprint density at radius 2 is 1.72 bits per heavy atom. The van der Waals surface area contributed by atoms with E-state index in [0.717, 1.165) is 5.56 Å². The van der Waals surface area contributed by atoms with Crippen LogP contribution in [0.1, 0.15) is 15.9 Å². The summed E-state index contributed by atoms with van der Waals surface area (Å²) >= 11 is 24.1. The maximum atomic E-state index is 12.3. The highest BCUT2D eigenvalue weighted by atomic mass is 35.5. The van der Waals surface area contributed by atoms with Gasteiger partial charge in [0.15, 0.2) is 5.82 Å². The van der Waals surface area contributed by atoms with Crippen molar-refractivity contribution < 1.29 is 4.79 Å². The molecule has 1 amide bonds. The number of rotatable bonds is 4. The van der Waals surface area contributed by atoms with Crippen LogP contribution >= 0.6 is 46.4 Å². The summed E-state index contributed by atoms with van der Waals surface area (Å²) in [6.45, 7) is 0.429. The molecule has 3 rings (SSSR count). The highest BCUT2D eigenvalue weighted by molar-refractivity contribution is 6.42. The number of halogens is 4. The average Bonchev–Trinajstić information content (AvgIpc) is 2.90. The number of hydrogen-bond donors (Lipinski definition) is 1. The minimum Gasteiger partial charge on any atom is -0.304 e. The van der Waals surface area contributed by atoms with Crippen LogP contribution in [0.2, 0.25) is 20.1 Å². The average molecular weight is 415 g/mol. The number of benzene rings is 2. The van der Waals surface area contributed by atoms with E-state index in [1.165, 1.54) is 0 Å². The van der Waals surface area contributed by atoms with Crippen molar-refractivity contribution in [1.82, 2.24) is 9.78 Å². The molecule has 0 unspecified atom stereocenters. The third-order valence-corrected chi connectivity index (χ3v) is 4.74. The molecule has 0 fully saturated rings. The lowest BCUT2D eigenvalue weighted by Gasteiger charge is -2.05. The fraction of sp³-hybridized carbons (Fsp3) is 0.0588. The van der Waals surface area contributed by atoms with E-state index in [2.05, 4.69) is 10.4 Å². The second-order valence-electron chi connectivity index (χ2n) is 5.21. The molecule has 0 aliphatic carbocycles. The zero-order valence-corrected chi connectivity index (χ0v) is 15.7. The molecule has 8 heteroatoms. The van der Waals surface area contributed by atoms with E-state index in [9.17, 15) is 4.79 Å². The van der Waals surface area contributed by atoms with Crippen LogP contribution in [0.4, 0.5) is 5.82 Å². The summed E-state index contributed by atoms with van der Waals surface area (Å²) in [7, 11) is 0. The molecule has 1 heterocycles. The zero-order chi connectivity index (χ0) is 18.0. The van der Waals surface area contributed by atoms with E-state index < -0.39 is 0 Å². The Morgan fingerprint density at radius 1 is 0.960 bits per heavy atom. The summed E-state index contributed by atoms with van der Waals surface area (Å²) in [5.74, 6) is -0.126. The van der Waals surface area contributed by atoms with Gasteiger partial charge in [0.1, 0.15) is 5.02 Å². The highest BCUT2D eigenvalue weighted by Gasteiger charge is 2.14. The third-order valence-electron chi connectivity index (χ3n) is 3.40. The standard InChI is InChI=1S/C17H11Cl4N3O/c18-12-4-2-1-3-11(12)17(25)22-16-15(21)9-24(23-16)8-10-5-6-13(19)14(20)7-10/h1-7,9H,8H2,(H,22,23,25). The number of aromatic nitrogens is 2. The van der Waals surface area contributed by atoms with Crippen LogP contribution in [0, 0.1) is 0 Å². The molecule has 25 heavy (non-hydrogen) atoms. The van der Waals surface area contributed by atoms with Crippen LogP contribution in [0.15, 0.2) is 48.7 Å². The van der Waals surface area contributed by atoms with Crippen molar-refractivity contribution in [3.8, 4) is 0 Å². The molecule has 1 N–H and O–H groups in total. The van der Waals surface area contributed by atoms with Crippen LogP contribution in [0.25, 0.3) is 0 Å². The first kappa shape index (κ1) is 18.1. The predicted octanol–water partition coefficient (Wildman–Crippen LogP) is 5.80. The number of anilines is 1. The lowest BCUT2D eigenvalue weighted by Crippen LogP contribution is -2.13. The minimum atomic E-state index is -0.382. The van der Waals surface area contributed by atoms with Crippen molar-refractivity contribution in [3.63, 3.8) is 0 Å². The van der Waals surface area contributed by atoms with E-state index in [4.69, 9.17) is 46.4 Å². The van der Waals surface area contributed by atoms with Crippen LogP contribution in [-0.2, 0) is 6.54 Å². The summed E-state index contributed by atoms with van der Waals surface area (Å²) in [4.78, 5) is 12.3. The quantitative estimate of drug-likeness (QED) is 0.586.